The Morgan fingerprint density at radius 3 is 2.02 bits per heavy atom. The molecule has 8 nitrogen and oxygen atoms in total. The van der Waals surface area contributed by atoms with E-state index in [0.717, 1.165) is 16.9 Å². The Bertz CT molecular complexity index is 1830. The standard InChI is InChI=1S/C31H26N2O6S2/c1-3-39-31(36)26-20(2)33(23-17-11-6-12-18-23)27(22-15-9-5-10-16-22)29(26)41(37,38)32-24-19-25(40-28(24)30(34)35)21-13-7-4-8-14-21/h4-19,32H,3H2,1-2H3,(H,34,35). The number of carboxylic acid groups (broad SMARTS) is 1. The number of benzene rings is 3. The van der Waals surface area contributed by atoms with E-state index in [4.69, 9.17) is 4.74 Å². The van der Waals surface area contributed by atoms with E-state index in [1.165, 1.54) is 6.07 Å². The molecule has 0 amide bonds. The van der Waals surface area contributed by atoms with Gasteiger partial charge in [-0.1, -0.05) is 78.9 Å². The quantitative estimate of drug-likeness (QED) is 0.183. The Kier molecular flexibility index (Phi) is 7.78. The van der Waals surface area contributed by atoms with E-state index in [9.17, 15) is 23.1 Å². The molecule has 5 rings (SSSR count). The highest BCUT2D eigenvalue weighted by Crippen LogP contribution is 2.41. The molecule has 0 spiro atoms. The summed E-state index contributed by atoms with van der Waals surface area (Å²) in [7, 11) is -4.55. The van der Waals surface area contributed by atoms with Gasteiger partial charge in [0.15, 0.2) is 0 Å². The zero-order valence-electron chi connectivity index (χ0n) is 22.2. The molecular formula is C31H26N2O6S2. The Morgan fingerprint density at radius 1 is 0.902 bits per heavy atom. The van der Waals surface area contributed by atoms with Crippen molar-refractivity contribution >= 4 is 39.0 Å². The van der Waals surface area contributed by atoms with Crippen LogP contribution in [0.2, 0.25) is 0 Å². The summed E-state index contributed by atoms with van der Waals surface area (Å²) < 4.78 is 38.2. The van der Waals surface area contributed by atoms with Crippen LogP contribution < -0.4 is 4.72 Å². The van der Waals surface area contributed by atoms with Gasteiger partial charge in [0.25, 0.3) is 10.0 Å². The first-order chi connectivity index (χ1) is 19.7. The second kappa shape index (κ2) is 11.4. The van der Waals surface area contributed by atoms with Gasteiger partial charge in [-0.3, -0.25) is 4.72 Å². The van der Waals surface area contributed by atoms with Gasteiger partial charge in [0.2, 0.25) is 0 Å². The minimum Gasteiger partial charge on any atom is -0.477 e. The number of thiophene rings is 1. The maximum Gasteiger partial charge on any atom is 0.348 e. The van der Waals surface area contributed by atoms with Crippen LogP contribution in [0.25, 0.3) is 27.4 Å². The zero-order valence-corrected chi connectivity index (χ0v) is 23.8. The largest absolute Gasteiger partial charge is 0.477 e. The number of nitrogens with one attached hydrogen (secondary N) is 1. The fourth-order valence-corrected chi connectivity index (χ4v) is 7.23. The Hall–Kier alpha value is -4.67. The molecular weight excluding hydrogens is 560 g/mol. The topological polar surface area (TPSA) is 115 Å². The molecule has 0 atom stereocenters. The first kappa shape index (κ1) is 27.9. The van der Waals surface area contributed by atoms with Crippen molar-refractivity contribution in [3.05, 3.63) is 113 Å². The normalized spacial score (nSPS) is 11.3. The molecule has 0 radical (unpaired) electrons. The van der Waals surface area contributed by atoms with Crippen molar-refractivity contribution in [3.8, 4) is 27.4 Å². The molecule has 0 aliphatic carbocycles. The van der Waals surface area contributed by atoms with E-state index in [0.29, 0.717) is 21.8 Å². The molecule has 5 aromatic rings. The number of hydrogen-bond donors (Lipinski definition) is 2. The third kappa shape index (κ3) is 5.39. The summed E-state index contributed by atoms with van der Waals surface area (Å²) in [4.78, 5) is 25.6. The molecule has 3 aromatic carbocycles. The molecule has 41 heavy (non-hydrogen) atoms. The van der Waals surface area contributed by atoms with Crippen LogP contribution in [0, 0.1) is 6.92 Å². The van der Waals surface area contributed by atoms with Gasteiger partial charge in [0.05, 0.1) is 18.0 Å². The fourth-order valence-electron chi connectivity index (χ4n) is 4.69. The van der Waals surface area contributed by atoms with Crippen LogP contribution in [0.5, 0.6) is 0 Å². The summed E-state index contributed by atoms with van der Waals surface area (Å²) in [5, 5.41) is 9.93. The van der Waals surface area contributed by atoms with Crippen LogP contribution in [0.1, 0.15) is 32.6 Å². The lowest BCUT2D eigenvalue weighted by Crippen LogP contribution is -2.19. The maximum atomic E-state index is 14.3. The number of aromatic carboxylic acids is 1. The van der Waals surface area contributed by atoms with Gasteiger partial charge >= 0.3 is 11.9 Å². The molecule has 0 bridgehead atoms. The SMILES string of the molecule is CCOC(=O)c1c(S(=O)(=O)Nc2cc(-c3ccccc3)sc2C(=O)O)c(-c2ccccc2)n(-c2ccccc2)c1C. The van der Waals surface area contributed by atoms with E-state index in [1.807, 2.05) is 60.7 Å². The van der Waals surface area contributed by atoms with Crippen molar-refractivity contribution in [3.63, 3.8) is 0 Å². The van der Waals surface area contributed by atoms with Gasteiger partial charge in [-0.15, -0.1) is 11.3 Å². The summed E-state index contributed by atoms with van der Waals surface area (Å²) in [6, 6.07) is 28.5. The van der Waals surface area contributed by atoms with Crippen molar-refractivity contribution in [2.45, 2.75) is 18.7 Å². The second-order valence-electron chi connectivity index (χ2n) is 9.03. The smallest absolute Gasteiger partial charge is 0.348 e. The van der Waals surface area contributed by atoms with Crippen molar-refractivity contribution < 1.29 is 27.9 Å². The summed E-state index contributed by atoms with van der Waals surface area (Å²) in [5.41, 5.74) is 2.32. The van der Waals surface area contributed by atoms with Crippen LogP contribution >= 0.6 is 11.3 Å². The molecule has 208 valence electrons. The van der Waals surface area contributed by atoms with E-state index in [2.05, 4.69) is 4.72 Å². The molecule has 2 N–H and O–H groups in total. The van der Waals surface area contributed by atoms with E-state index in [-0.39, 0.29) is 33.3 Å². The Morgan fingerprint density at radius 2 is 1.46 bits per heavy atom. The molecule has 0 fully saturated rings. The van der Waals surface area contributed by atoms with Crippen LogP contribution in [0.4, 0.5) is 5.69 Å². The van der Waals surface area contributed by atoms with Gasteiger partial charge in [-0.25, -0.2) is 18.0 Å². The van der Waals surface area contributed by atoms with Crippen molar-refractivity contribution in [2.24, 2.45) is 0 Å². The minimum atomic E-state index is -4.55. The van der Waals surface area contributed by atoms with Crippen LogP contribution in [0.3, 0.4) is 0 Å². The van der Waals surface area contributed by atoms with Gasteiger partial charge in [0.1, 0.15) is 15.3 Å². The molecule has 0 aliphatic heterocycles. The number of anilines is 1. The van der Waals surface area contributed by atoms with E-state index >= 15 is 0 Å². The molecule has 2 heterocycles. The zero-order chi connectivity index (χ0) is 29.1. The summed E-state index contributed by atoms with van der Waals surface area (Å²) in [6.45, 7) is 3.34. The highest BCUT2D eigenvalue weighted by molar-refractivity contribution is 7.93. The molecule has 0 saturated heterocycles. The first-order valence-electron chi connectivity index (χ1n) is 12.7. The Balaban J connectivity index is 1.77. The van der Waals surface area contributed by atoms with Gasteiger partial charge < -0.3 is 14.4 Å². The lowest BCUT2D eigenvalue weighted by Gasteiger charge is -2.14. The average molecular weight is 587 g/mol. The number of nitrogens with zero attached hydrogens (tertiary/aromatic N) is 1. The lowest BCUT2D eigenvalue weighted by atomic mass is 10.1. The number of hydrogen-bond acceptors (Lipinski definition) is 6. The fraction of sp³-hybridized carbons (Fsp3) is 0.0968. The number of sulfonamides is 1. The van der Waals surface area contributed by atoms with Gasteiger partial charge in [-0.05, 0) is 43.2 Å². The molecule has 10 heteroatoms. The van der Waals surface area contributed by atoms with Crippen LogP contribution in [-0.2, 0) is 14.8 Å². The first-order valence-corrected chi connectivity index (χ1v) is 15.0. The van der Waals surface area contributed by atoms with Crippen LogP contribution in [-0.4, -0.2) is 36.6 Å². The number of carbonyl (C=O) groups excluding carboxylic acids is 1. The highest BCUT2D eigenvalue weighted by Gasteiger charge is 2.36. The van der Waals surface area contributed by atoms with Gasteiger partial charge in [-0.2, -0.15) is 0 Å². The van der Waals surface area contributed by atoms with E-state index < -0.39 is 22.0 Å². The molecule has 2 aromatic heterocycles. The monoisotopic (exact) mass is 586 g/mol. The van der Waals surface area contributed by atoms with Crippen molar-refractivity contribution in [1.29, 1.82) is 0 Å². The summed E-state index contributed by atoms with van der Waals surface area (Å²) >= 11 is 0.958. The number of carbonyl (C=O) groups is 2. The lowest BCUT2D eigenvalue weighted by molar-refractivity contribution is 0.0520. The minimum absolute atomic E-state index is 0.0382. The van der Waals surface area contributed by atoms with Gasteiger partial charge in [0, 0.05) is 16.3 Å². The predicted octanol–water partition coefficient (Wildman–Crippen LogP) is 6.86. The Labute approximate surface area is 241 Å². The number of aromatic nitrogens is 1. The third-order valence-corrected chi connectivity index (χ3v) is 9.00. The van der Waals surface area contributed by atoms with Crippen molar-refractivity contribution in [1.82, 2.24) is 4.57 Å². The highest BCUT2D eigenvalue weighted by atomic mass is 32.2. The number of carboxylic acids is 1. The summed E-state index contributed by atoms with van der Waals surface area (Å²) in [6.07, 6.45) is 0. The number of ether oxygens (including phenoxy) is 1. The van der Waals surface area contributed by atoms with Crippen molar-refractivity contribution in [2.75, 3.05) is 11.3 Å². The predicted molar refractivity (Wildman–Crippen MR) is 159 cm³/mol. The van der Waals surface area contributed by atoms with E-state index in [1.54, 1.807) is 48.7 Å². The number of rotatable bonds is 9. The third-order valence-electron chi connectivity index (χ3n) is 6.40. The van der Waals surface area contributed by atoms with Crippen LogP contribution in [0.15, 0.2) is 102 Å². The molecule has 0 aliphatic rings. The molecule has 0 unspecified atom stereocenters. The molecule has 0 saturated carbocycles. The number of esters is 1. The average Bonchev–Trinajstić information content (AvgIpc) is 3.53. The summed E-state index contributed by atoms with van der Waals surface area (Å²) in [5.74, 6) is -2.08. The second-order valence-corrected chi connectivity index (χ2v) is 11.7. The number of para-hydroxylation sites is 1. The maximum absolute atomic E-state index is 14.3.